The average Bonchev–Trinajstić information content (AvgIpc) is 2.56. The van der Waals surface area contributed by atoms with Crippen molar-refractivity contribution in [1.29, 1.82) is 0 Å². The van der Waals surface area contributed by atoms with E-state index in [1.165, 1.54) is 25.7 Å². The van der Waals surface area contributed by atoms with Crippen molar-refractivity contribution in [3.05, 3.63) is 0 Å². The molecule has 0 aromatic carbocycles. The zero-order chi connectivity index (χ0) is 20.5. The fourth-order valence-corrected chi connectivity index (χ4v) is 3.27. The van der Waals surface area contributed by atoms with Gasteiger partial charge in [0.05, 0.1) is 13.2 Å². The molecule has 0 spiro atoms. The van der Waals surface area contributed by atoms with Gasteiger partial charge in [-0.25, -0.2) is 0 Å². The first-order chi connectivity index (χ1) is 12.7. The van der Waals surface area contributed by atoms with E-state index in [-0.39, 0.29) is 11.9 Å². The maximum Gasteiger partial charge on any atom is 0.305 e. The maximum absolute atomic E-state index is 11.7. The van der Waals surface area contributed by atoms with Crippen molar-refractivity contribution in [1.82, 2.24) is 0 Å². The number of ether oxygens (including phenoxy) is 2. The largest absolute Gasteiger partial charge is 0.466 e. The molecule has 0 aliphatic heterocycles. The highest BCUT2D eigenvalue weighted by molar-refractivity contribution is 5.70. The zero-order valence-corrected chi connectivity index (χ0v) is 18.6. The molecule has 0 rings (SSSR count). The molecule has 1 unspecified atom stereocenters. The number of carbonyl (C=O) groups excluding carboxylic acids is 2. The third-order valence-corrected chi connectivity index (χ3v) is 4.61. The summed E-state index contributed by atoms with van der Waals surface area (Å²) in [6.07, 6.45) is 11.3. The van der Waals surface area contributed by atoms with Gasteiger partial charge in [-0.2, -0.15) is 0 Å². The van der Waals surface area contributed by atoms with Crippen LogP contribution in [0.25, 0.3) is 0 Å². The lowest BCUT2D eigenvalue weighted by Gasteiger charge is -2.22. The van der Waals surface area contributed by atoms with Crippen LogP contribution in [0.2, 0.25) is 0 Å². The highest BCUT2D eigenvalue weighted by atomic mass is 16.5. The Bertz CT molecular complexity index is 384. The summed E-state index contributed by atoms with van der Waals surface area (Å²) in [7, 11) is 0. The number of rotatable bonds is 16. The van der Waals surface area contributed by atoms with E-state index >= 15 is 0 Å². The van der Waals surface area contributed by atoms with Crippen molar-refractivity contribution < 1.29 is 19.1 Å². The first kappa shape index (κ1) is 25.9. The van der Waals surface area contributed by atoms with Crippen LogP contribution in [0.4, 0.5) is 0 Å². The topological polar surface area (TPSA) is 52.6 Å². The molecule has 0 fully saturated rings. The number of hydrogen-bond acceptors (Lipinski definition) is 4. The Morgan fingerprint density at radius 2 is 1.30 bits per heavy atom. The summed E-state index contributed by atoms with van der Waals surface area (Å²) in [5.74, 6) is 0.255. The number of hydrogen-bond donors (Lipinski definition) is 0. The molecule has 0 N–H and O–H groups in total. The summed E-state index contributed by atoms with van der Waals surface area (Å²) in [5.41, 5.74) is 0.313. The predicted molar refractivity (Wildman–Crippen MR) is 112 cm³/mol. The molecule has 27 heavy (non-hydrogen) atoms. The van der Waals surface area contributed by atoms with E-state index in [2.05, 4.69) is 34.6 Å². The molecule has 0 bridgehead atoms. The van der Waals surface area contributed by atoms with Crippen molar-refractivity contribution in [3.63, 3.8) is 0 Å². The minimum atomic E-state index is -0.154. The lowest BCUT2D eigenvalue weighted by Crippen LogP contribution is -2.14. The Balaban J connectivity index is 3.50. The van der Waals surface area contributed by atoms with Crippen molar-refractivity contribution in [2.24, 2.45) is 11.3 Å². The lowest BCUT2D eigenvalue weighted by molar-refractivity contribution is -0.146. The van der Waals surface area contributed by atoms with Gasteiger partial charge in [0, 0.05) is 12.8 Å². The molecule has 0 saturated carbocycles. The highest BCUT2D eigenvalue weighted by Gasteiger charge is 2.15. The molecule has 160 valence electrons. The maximum atomic E-state index is 11.7. The van der Waals surface area contributed by atoms with Gasteiger partial charge >= 0.3 is 11.9 Å². The van der Waals surface area contributed by atoms with Gasteiger partial charge in [0.25, 0.3) is 0 Å². The summed E-state index contributed by atoms with van der Waals surface area (Å²) in [6, 6.07) is 0. The molecular weight excluding hydrogens is 340 g/mol. The third-order valence-electron chi connectivity index (χ3n) is 4.61. The minimum Gasteiger partial charge on any atom is -0.466 e. The van der Waals surface area contributed by atoms with Crippen LogP contribution in [-0.2, 0) is 19.1 Å². The van der Waals surface area contributed by atoms with Gasteiger partial charge in [-0.3, -0.25) is 9.59 Å². The molecule has 0 amide bonds. The molecule has 0 aliphatic carbocycles. The smallest absolute Gasteiger partial charge is 0.305 e. The van der Waals surface area contributed by atoms with Crippen LogP contribution in [0.5, 0.6) is 0 Å². The second kappa shape index (κ2) is 15.9. The number of esters is 2. The van der Waals surface area contributed by atoms with Gasteiger partial charge in [0.1, 0.15) is 0 Å². The number of unbranched alkanes of at least 4 members (excludes halogenated alkanes) is 6. The Kier molecular flexibility index (Phi) is 15.3. The summed E-state index contributed by atoms with van der Waals surface area (Å²) in [6.45, 7) is 12.1. The Morgan fingerprint density at radius 3 is 1.85 bits per heavy atom. The van der Waals surface area contributed by atoms with E-state index in [4.69, 9.17) is 9.47 Å². The predicted octanol–water partition coefficient (Wildman–Crippen LogP) is 6.46. The van der Waals surface area contributed by atoms with E-state index in [0.29, 0.717) is 50.2 Å². The standard InChI is InChI=1S/C23H44O4/c1-6-7-8-9-10-13-17-26-21(24)14-11-12-15-22(25)27-18-16-20(2)19-23(3,4)5/h20H,6-19H2,1-5H3. The van der Waals surface area contributed by atoms with Crippen LogP contribution in [0.3, 0.4) is 0 Å². The highest BCUT2D eigenvalue weighted by Crippen LogP contribution is 2.25. The first-order valence-electron chi connectivity index (χ1n) is 11.1. The van der Waals surface area contributed by atoms with E-state index in [1.54, 1.807) is 0 Å². The normalized spacial score (nSPS) is 12.6. The van der Waals surface area contributed by atoms with Gasteiger partial charge < -0.3 is 9.47 Å². The summed E-state index contributed by atoms with van der Waals surface area (Å²) >= 11 is 0. The van der Waals surface area contributed by atoms with Crippen molar-refractivity contribution in [2.45, 2.75) is 112 Å². The zero-order valence-electron chi connectivity index (χ0n) is 18.6. The molecule has 0 aromatic heterocycles. The first-order valence-corrected chi connectivity index (χ1v) is 11.1. The SMILES string of the molecule is CCCCCCCCOC(=O)CCCCC(=O)OCCC(C)CC(C)(C)C. The second-order valence-electron chi connectivity index (χ2n) is 9.07. The Morgan fingerprint density at radius 1 is 0.778 bits per heavy atom. The van der Waals surface area contributed by atoms with Crippen LogP contribution in [0, 0.1) is 11.3 Å². The van der Waals surface area contributed by atoms with Crippen molar-refractivity contribution in [3.8, 4) is 0 Å². The molecule has 1 atom stereocenters. The van der Waals surface area contributed by atoms with Crippen LogP contribution >= 0.6 is 0 Å². The average molecular weight is 385 g/mol. The second-order valence-corrected chi connectivity index (χ2v) is 9.07. The van der Waals surface area contributed by atoms with Crippen LogP contribution < -0.4 is 0 Å². The lowest BCUT2D eigenvalue weighted by atomic mass is 9.84. The van der Waals surface area contributed by atoms with Gasteiger partial charge in [-0.05, 0) is 43.4 Å². The quantitative estimate of drug-likeness (QED) is 0.226. The molecule has 0 saturated heterocycles. The summed E-state index contributed by atoms with van der Waals surface area (Å²) < 4.78 is 10.5. The van der Waals surface area contributed by atoms with Gasteiger partial charge in [0.2, 0.25) is 0 Å². The van der Waals surface area contributed by atoms with Crippen LogP contribution in [0.15, 0.2) is 0 Å². The fourth-order valence-electron chi connectivity index (χ4n) is 3.27. The van der Waals surface area contributed by atoms with Crippen molar-refractivity contribution in [2.75, 3.05) is 13.2 Å². The Hall–Kier alpha value is -1.06. The van der Waals surface area contributed by atoms with Gasteiger partial charge in [-0.15, -0.1) is 0 Å². The van der Waals surface area contributed by atoms with E-state index < -0.39 is 0 Å². The molecule has 0 radical (unpaired) electrons. The van der Waals surface area contributed by atoms with Crippen molar-refractivity contribution >= 4 is 11.9 Å². The Labute approximate surface area is 167 Å². The van der Waals surface area contributed by atoms with Crippen LogP contribution in [0.1, 0.15) is 112 Å². The third kappa shape index (κ3) is 19.5. The van der Waals surface area contributed by atoms with Gasteiger partial charge in [0.15, 0.2) is 0 Å². The van der Waals surface area contributed by atoms with Crippen LogP contribution in [-0.4, -0.2) is 25.2 Å². The van der Waals surface area contributed by atoms with E-state index in [9.17, 15) is 9.59 Å². The fraction of sp³-hybridized carbons (Fsp3) is 0.913. The molecule has 0 aliphatic rings. The molecule has 4 heteroatoms. The molecule has 4 nitrogen and oxygen atoms in total. The summed E-state index contributed by atoms with van der Waals surface area (Å²) in [5, 5.41) is 0. The molecular formula is C23H44O4. The van der Waals surface area contributed by atoms with E-state index in [0.717, 1.165) is 25.7 Å². The monoisotopic (exact) mass is 384 g/mol. The molecule has 0 aromatic rings. The number of carbonyl (C=O) groups is 2. The molecule has 0 heterocycles. The van der Waals surface area contributed by atoms with Gasteiger partial charge in [-0.1, -0.05) is 66.7 Å². The minimum absolute atomic E-state index is 0.145. The summed E-state index contributed by atoms with van der Waals surface area (Å²) in [4.78, 5) is 23.4. The van der Waals surface area contributed by atoms with E-state index in [1.807, 2.05) is 0 Å².